The lowest BCUT2D eigenvalue weighted by Crippen LogP contribution is -2.26. The van der Waals surface area contributed by atoms with Crippen molar-refractivity contribution in [3.63, 3.8) is 0 Å². The standard InChI is InChI=1S/C27H29N3O7/c1-32-19-8-5-17(6-9-19)15-30-26-24(28-29-30)20(11-12-27(26)16-36-27)37-23(31)10-7-18-13-21(33-2)25(35-4)22(14-18)34-3/h5-10,13-14,20H,11-12,15-16H2,1-4H3/b10-7+/t20-,27+/m1/s1. The summed E-state index contributed by atoms with van der Waals surface area (Å²) in [5, 5.41) is 8.78. The van der Waals surface area contributed by atoms with Crippen molar-refractivity contribution < 1.29 is 33.2 Å². The third-order valence-electron chi connectivity index (χ3n) is 6.65. The number of esters is 1. The first-order chi connectivity index (χ1) is 18.0. The number of aromatic nitrogens is 3. The summed E-state index contributed by atoms with van der Waals surface area (Å²) >= 11 is 0. The minimum atomic E-state index is -0.508. The largest absolute Gasteiger partial charge is 0.497 e. The third-order valence-corrected chi connectivity index (χ3v) is 6.65. The smallest absolute Gasteiger partial charge is 0.331 e. The van der Waals surface area contributed by atoms with Gasteiger partial charge in [-0.2, -0.15) is 0 Å². The summed E-state index contributed by atoms with van der Waals surface area (Å²) in [4.78, 5) is 12.8. The lowest BCUT2D eigenvalue weighted by molar-refractivity contribution is -0.144. The van der Waals surface area contributed by atoms with Crippen LogP contribution in [0.15, 0.2) is 42.5 Å². The van der Waals surface area contributed by atoms with E-state index in [2.05, 4.69) is 10.3 Å². The fourth-order valence-corrected chi connectivity index (χ4v) is 4.67. The minimum absolute atomic E-state index is 0.403. The monoisotopic (exact) mass is 507 g/mol. The van der Waals surface area contributed by atoms with Crippen LogP contribution in [-0.4, -0.2) is 56.0 Å². The highest BCUT2D eigenvalue weighted by molar-refractivity contribution is 5.87. The number of carbonyl (C=O) groups is 1. The Bertz CT molecular complexity index is 1290. The maximum absolute atomic E-state index is 12.8. The van der Waals surface area contributed by atoms with Crippen LogP contribution in [0.25, 0.3) is 6.08 Å². The number of nitrogens with zero attached hydrogens (tertiary/aromatic N) is 3. The Morgan fingerprint density at radius 2 is 1.78 bits per heavy atom. The molecule has 1 saturated heterocycles. The second kappa shape index (κ2) is 10.1. The van der Waals surface area contributed by atoms with Crippen molar-refractivity contribution in [2.75, 3.05) is 35.0 Å². The van der Waals surface area contributed by atoms with E-state index in [1.54, 1.807) is 25.3 Å². The van der Waals surface area contributed by atoms with E-state index in [1.807, 2.05) is 28.9 Å². The van der Waals surface area contributed by atoms with Gasteiger partial charge in [0.1, 0.15) is 28.8 Å². The molecule has 1 aliphatic heterocycles. The lowest BCUT2D eigenvalue weighted by atomic mass is 9.88. The van der Waals surface area contributed by atoms with Gasteiger partial charge < -0.3 is 28.4 Å². The fraction of sp³-hybridized carbons (Fsp3) is 0.370. The van der Waals surface area contributed by atoms with Crippen LogP contribution >= 0.6 is 0 Å². The van der Waals surface area contributed by atoms with Crippen LogP contribution in [0.1, 0.15) is 41.5 Å². The number of benzene rings is 2. The van der Waals surface area contributed by atoms with Gasteiger partial charge in [-0.1, -0.05) is 17.3 Å². The number of rotatable bonds is 9. The van der Waals surface area contributed by atoms with Crippen LogP contribution in [0.2, 0.25) is 0 Å². The summed E-state index contributed by atoms with van der Waals surface area (Å²) in [7, 11) is 6.25. The molecule has 2 aliphatic rings. The zero-order valence-corrected chi connectivity index (χ0v) is 21.2. The van der Waals surface area contributed by atoms with Gasteiger partial charge in [-0.25, -0.2) is 9.48 Å². The average molecular weight is 508 g/mol. The van der Waals surface area contributed by atoms with Gasteiger partial charge in [-0.05, 0) is 54.3 Å². The molecule has 2 heterocycles. The van der Waals surface area contributed by atoms with E-state index >= 15 is 0 Å². The highest BCUT2D eigenvalue weighted by Gasteiger charge is 2.55. The van der Waals surface area contributed by atoms with Crippen molar-refractivity contribution >= 4 is 12.0 Å². The molecule has 5 rings (SSSR count). The van der Waals surface area contributed by atoms with E-state index in [0.717, 1.165) is 23.4 Å². The number of ether oxygens (including phenoxy) is 6. The van der Waals surface area contributed by atoms with Gasteiger partial charge in [0.05, 0.1) is 41.6 Å². The van der Waals surface area contributed by atoms with Crippen LogP contribution in [0, 0.1) is 0 Å². The Morgan fingerprint density at radius 1 is 1.08 bits per heavy atom. The van der Waals surface area contributed by atoms with Crippen molar-refractivity contribution in [3.05, 3.63) is 65.0 Å². The molecule has 1 spiro atoms. The first-order valence-electron chi connectivity index (χ1n) is 11.9. The summed E-state index contributed by atoms with van der Waals surface area (Å²) in [5.74, 6) is 1.78. The van der Waals surface area contributed by atoms with Crippen LogP contribution in [0.4, 0.5) is 0 Å². The Balaban J connectivity index is 1.33. The summed E-state index contributed by atoms with van der Waals surface area (Å²) in [6, 6.07) is 11.3. The van der Waals surface area contributed by atoms with E-state index in [1.165, 1.54) is 27.4 Å². The minimum Gasteiger partial charge on any atom is -0.497 e. The summed E-state index contributed by atoms with van der Waals surface area (Å²) < 4.78 is 34.9. The van der Waals surface area contributed by atoms with E-state index < -0.39 is 17.7 Å². The third kappa shape index (κ3) is 4.84. The van der Waals surface area contributed by atoms with Crippen LogP contribution in [0.5, 0.6) is 23.0 Å². The normalized spacial score (nSPS) is 19.9. The first-order valence-corrected chi connectivity index (χ1v) is 11.9. The molecule has 1 fully saturated rings. The van der Waals surface area contributed by atoms with Crippen LogP contribution in [-0.2, 0) is 26.4 Å². The topological polar surface area (TPSA) is 106 Å². The maximum atomic E-state index is 12.8. The molecule has 0 saturated carbocycles. The van der Waals surface area contributed by atoms with E-state index in [9.17, 15) is 4.79 Å². The Kier molecular flexibility index (Phi) is 6.75. The molecule has 2 aromatic carbocycles. The Hall–Kier alpha value is -4.05. The molecule has 0 radical (unpaired) electrons. The fourth-order valence-electron chi connectivity index (χ4n) is 4.67. The average Bonchev–Trinajstić information content (AvgIpc) is 3.57. The molecule has 1 aromatic heterocycles. The van der Waals surface area contributed by atoms with Crippen LogP contribution < -0.4 is 18.9 Å². The molecule has 37 heavy (non-hydrogen) atoms. The highest BCUT2D eigenvalue weighted by Crippen LogP contribution is 2.51. The number of fused-ring (bicyclic) bond motifs is 2. The Labute approximate surface area is 214 Å². The zero-order valence-electron chi connectivity index (χ0n) is 21.2. The summed E-state index contributed by atoms with van der Waals surface area (Å²) in [5.41, 5.74) is 2.87. The quantitative estimate of drug-likeness (QED) is 0.244. The summed E-state index contributed by atoms with van der Waals surface area (Å²) in [6.45, 7) is 1.14. The van der Waals surface area contributed by atoms with E-state index in [4.69, 9.17) is 28.4 Å². The van der Waals surface area contributed by atoms with E-state index in [0.29, 0.717) is 48.1 Å². The van der Waals surface area contributed by atoms with Crippen molar-refractivity contribution in [1.82, 2.24) is 15.0 Å². The number of carbonyl (C=O) groups excluding carboxylic acids is 1. The molecule has 10 nitrogen and oxygen atoms in total. The van der Waals surface area contributed by atoms with Crippen molar-refractivity contribution in [3.8, 4) is 23.0 Å². The molecule has 1 aliphatic carbocycles. The second-order valence-corrected chi connectivity index (χ2v) is 8.87. The van der Waals surface area contributed by atoms with Crippen molar-refractivity contribution in [2.45, 2.75) is 31.1 Å². The number of epoxide rings is 1. The molecular formula is C27H29N3O7. The summed E-state index contributed by atoms with van der Waals surface area (Å²) in [6.07, 6.45) is 3.84. The van der Waals surface area contributed by atoms with Gasteiger partial charge in [0.2, 0.25) is 5.75 Å². The number of methoxy groups -OCH3 is 4. The number of hydrogen-bond acceptors (Lipinski definition) is 9. The van der Waals surface area contributed by atoms with Crippen molar-refractivity contribution in [2.24, 2.45) is 0 Å². The molecular weight excluding hydrogens is 478 g/mol. The first kappa shape index (κ1) is 24.6. The van der Waals surface area contributed by atoms with Crippen molar-refractivity contribution in [1.29, 1.82) is 0 Å². The number of hydrogen-bond donors (Lipinski definition) is 0. The lowest BCUT2D eigenvalue weighted by Gasteiger charge is -2.26. The molecule has 0 N–H and O–H groups in total. The molecule has 194 valence electrons. The predicted molar refractivity (Wildman–Crippen MR) is 133 cm³/mol. The van der Waals surface area contributed by atoms with Gasteiger partial charge in [-0.3, -0.25) is 0 Å². The molecule has 0 bridgehead atoms. The molecule has 0 amide bonds. The van der Waals surface area contributed by atoms with Crippen LogP contribution in [0.3, 0.4) is 0 Å². The Morgan fingerprint density at radius 3 is 2.38 bits per heavy atom. The maximum Gasteiger partial charge on any atom is 0.331 e. The zero-order chi connectivity index (χ0) is 26.0. The van der Waals surface area contributed by atoms with E-state index in [-0.39, 0.29) is 0 Å². The van der Waals surface area contributed by atoms with Gasteiger partial charge in [0.15, 0.2) is 11.5 Å². The SMILES string of the molecule is COc1ccc(Cn2nnc3c2[C@]2(CC[C@H]3OC(=O)/C=C/c3cc(OC)c(OC)c(OC)c3)CO2)cc1. The molecule has 3 aromatic rings. The van der Waals surface area contributed by atoms with Gasteiger partial charge in [-0.15, -0.1) is 5.10 Å². The van der Waals surface area contributed by atoms with Gasteiger partial charge in [0.25, 0.3) is 0 Å². The molecule has 2 atom stereocenters. The van der Waals surface area contributed by atoms with Gasteiger partial charge >= 0.3 is 5.97 Å². The highest BCUT2D eigenvalue weighted by atomic mass is 16.6. The molecule has 10 heteroatoms. The van der Waals surface area contributed by atoms with Gasteiger partial charge in [0, 0.05) is 6.08 Å². The molecule has 0 unspecified atom stereocenters. The predicted octanol–water partition coefficient (Wildman–Crippen LogP) is 3.68. The second-order valence-electron chi connectivity index (χ2n) is 8.87.